The molecule has 0 bridgehead atoms. The van der Waals surface area contributed by atoms with E-state index in [2.05, 4.69) is 9.64 Å². The molecule has 0 saturated carbocycles. The average molecular weight is 423 g/mol. The number of nitrogens with zero attached hydrogens (tertiary/aromatic N) is 2. The van der Waals surface area contributed by atoms with E-state index in [1.165, 1.54) is 25.3 Å². The van der Waals surface area contributed by atoms with Crippen molar-refractivity contribution in [3.63, 3.8) is 0 Å². The number of alkyl halides is 2. The highest BCUT2D eigenvalue weighted by Gasteiger charge is 2.20. The van der Waals surface area contributed by atoms with Crippen LogP contribution in [0.3, 0.4) is 0 Å². The normalized spacial score (nSPS) is 14.5. The molecule has 3 rings (SSSR count). The number of rotatable bonds is 6. The molecule has 0 aromatic heterocycles. The smallest absolute Gasteiger partial charge is 0.387 e. The van der Waals surface area contributed by atoms with Crippen LogP contribution >= 0.6 is 11.6 Å². The van der Waals surface area contributed by atoms with Gasteiger partial charge in [-0.05, 0) is 36.4 Å². The van der Waals surface area contributed by atoms with Crippen LogP contribution in [-0.4, -0.2) is 50.7 Å². The van der Waals surface area contributed by atoms with E-state index in [-0.39, 0.29) is 17.4 Å². The van der Waals surface area contributed by atoms with Crippen LogP contribution in [0.15, 0.2) is 48.5 Å². The first-order chi connectivity index (χ1) is 14.0. The maximum atomic E-state index is 12.7. The molecule has 0 aliphatic carbocycles. The number of para-hydroxylation sites is 1. The lowest BCUT2D eigenvalue weighted by molar-refractivity contribution is -0.126. The molecule has 0 radical (unpaired) electrons. The molecule has 0 atom stereocenters. The summed E-state index contributed by atoms with van der Waals surface area (Å²) in [6.07, 6.45) is 2.83. The molecule has 1 saturated heterocycles. The fraction of sp³-hybridized carbons (Fsp3) is 0.286. The van der Waals surface area contributed by atoms with Crippen molar-refractivity contribution in [1.29, 1.82) is 0 Å². The van der Waals surface area contributed by atoms with Gasteiger partial charge >= 0.3 is 6.61 Å². The Morgan fingerprint density at radius 1 is 1.10 bits per heavy atom. The Morgan fingerprint density at radius 3 is 2.41 bits per heavy atom. The predicted octanol–water partition coefficient (Wildman–Crippen LogP) is 4.31. The van der Waals surface area contributed by atoms with Crippen LogP contribution in [0.2, 0.25) is 5.02 Å². The highest BCUT2D eigenvalue weighted by atomic mass is 35.5. The van der Waals surface area contributed by atoms with Gasteiger partial charge in [-0.3, -0.25) is 4.79 Å². The molecule has 1 fully saturated rings. The number of anilines is 1. The third-order valence-corrected chi connectivity index (χ3v) is 4.88. The monoisotopic (exact) mass is 422 g/mol. The quantitative estimate of drug-likeness (QED) is 0.650. The van der Waals surface area contributed by atoms with Gasteiger partial charge in [-0.2, -0.15) is 8.78 Å². The summed E-state index contributed by atoms with van der Waals surface area (Å²) in [7, 11) is 1.37. The number of benzene rings is 2. The largest absolute Gasteiger partial charge is 0.493 e. The van der Waals surface area contributed by atoms with Crippen molar-refractivity contribution in [2.24, 2.45) is 0 Å². The number of carbonyl (C=O) groups excluding carboxylic acids is 1. The minimum Gasteiger partial charge on any atom is -0.493 e. The predicted molar refractivity (Wildman–Crippen MR) is 109 cm³/mol. The van der Waals surface area contributed by atoms with Gasteiger partial charge in [0.05, 0.1) is 7.11 Å². The molecule has 29 heavy (non-hydrogen) atoms. The Labute approximate surface area is 173 Å². The molecule has 0 spiro atoms. The topological polar surface area (TPSA) is 42.0 Å². The minimum absolute atomic E-state index is 0.0957. The summed E-state index contributed by atoms with van der Waals surface area (Å²) in [6, 6.07) is 12.3. The van der Waals surface area contributed by atoms with Crippen molar-refractivity contribution in [3.8, 4) is 11.5 Å². The standard InChI is InChI=1S/C21H21ClF2N2O3/c1-28-18-4-2-3-15(20(18)29-21(23)24)5-10-19(27)26-13-11-25(12-14-26)17-8-6-16(22)7-9-17/h2-10,21H,11-14H2,1H3/b10-5+. The third-order valence-electron chi connectivity index (χ3n) is 4.62. The van der Waals surface area contributed by atoms with Gasteiger partial charge in [0.15, 0.2) is 11.5 Å². The number of carbonyl (C=O) groups is 1. The van der Waals surface area contributed by atoms with Gasteiger partial charge in [0.2, 0.25) is 5.91 Å². The molecule has 0 N–H and O–H groups in total. The van der Waals surface area contributed by atoms with Gasteiger partial charge in [0, 0.05) is 48.5 Å². The second kappa shape index (κ2) is 9.60. The van der Waals surface area contributed by atoms with Crippen LogP contribution < -0.4 is 14.4 Å². The number of piperazine rings is 1. The molecular formula is C21H21ClF2N2O3. The van der Waals surface area contributed by atoms with E-state index in [4.69, 9.17) is 16.3 Å². The summed E-state index contributed by atoms with van der Waals surface area (Å²) >= 11 is 5.92. The molecule has 2 aromatic carbocycles. The number of halogens is 3. The van der Waals surface area contributed by atoms with Crippen molar-refractivity contribution in [2.75, 3.05) is 38.2 Å². The molecule has 1 aliphatic heterocycles. The molecule has 2 aromatic rings. The minimum atomic E-state index is -2.99. The van der Waals surface area contributed by atoms with Crippen LogP contribution in [0.4, 0.5) is 14.5 Å². The molecule has 8 heteroatoms. The lowest BCUT2D eigenvalue weighted by Crippen LogP contribution is -2.48. The SMILES string of the molecule is COc1cccc(/C=C/C(=O)N2CCN(c3ccc(Cl)cc3)CC2)c1OC(F)F. The van der Waals surface area contributed by atoms with E-state index >= 15 is 0 Å². The number of hydrogen-bond acceptors (Lipinski definition) is 4. The Hall–Kier alpha value is -2.80. The number of methoxy groups -OCH3 is 1. The van der Waals surface area contributed by atoms with E-state index in [9.17, 15) is 13.6 Å². The van der Waals surface area contributed by atoms with Crippen LogP contribution in [0, 0.1) is 0 Å². The lowest BCUT2D eigenvalue weighted by atomic mass is 10.1. The van der Waals surface area contributed by atoms with E-state index in [1.807, 2.05) is 24.3 Å². The second-order valence-corrected chi connectivity index (χ2v) is 6.82. The summed E-state index contributed by atoms with van der Waals surface area (Å²) in [5, 5.41) is 0.681. The summed E-state index contributed by atoms with van der Waals surface area (Å²) in [5.74, 6) is -0.107. The van der Waals surface area contributed by atoms with Crippen LogP contribution in [0.25, 0.3) is 6.08 Å². The zero-order chi connectivity index (χ0) is 20.8. The fourth-order valence-electron chi connectivity index (χ4n) is 3.14. The summed E-state index contributed by atoms with van der Waals surface area (Å²) < 4.78 is 35.1. The van der Waals surface area contributed by atoms with Crippen LogP contribution in [0.1, 0.15) is 5.56 Å². The molecule has 0 unspecified atom stereocenters. The maximum absolute atomic E-state index is 12.7. The summed E-state index contributed by atoms with van der Waals surface area (Å²) in [5.41, 5.74) is 1.40. The van der Waals surface area contributed by atoms with Crippen molar-refractivity contribution in [3.05, 3.63) is 59.1 Å². The van der Waals surface area contributed by atoms with Crippen molar-refractivity contribution in [1.82, 2.24) is 4.90 Å². The Kier molecular flexibility index (Phi) is 6.93. The zero-order valence-corrected chi connectivity index (χ0v) is 16.6. The molecular weight excluding hydrogens is 402 g/mol. The summed E-state index contributed by atoms with van der Waals surface area (Å²) in [4.78, 5) is 16.4. The van der Waals surface area contributed by atoms with Gasteiger partial charge in [-0.1, -0.05) is 23.7 Å². The molecule has 5 nitrogen and oxygen atoms in total. The van der Waals surface area contributed by atoms with Gasteiger partial charge < -0.3 is 19.3 Å². The van der Waals surface area contributed by atoms with E-state index in [0.29, 0.717) is 36.8 Å². The van der Waals surface area contributed by atoms with Crippen molar-refractivity contribution < 1.29 is 23.0 Å². The second-order valence-electron chi connectivity index (χ2n) is 6.38. The zero-order valence-electron chi connectivity index (χ0n) is 15.9. The van der Waals surface area contributed by atoms with Gasteiger partial charge in [-0.15, -0.1) is 0 Å². The molecule has 1 heterocycles. The fourth-order valence-corrected chi connectivity index (χ4v) is 3.27. The van der Waals surface area contributed by atoms with E-state index in [1.54, 1.807) is 17.0 Å². The lowest BCUT2D eigenvalue weighted by Gasteiger charge is -2.35. The van der Waals surface area contributed by atoms with E-state index in [0.717, 1.165) is 5.69 Å². The highest BCUT2D eigenvalue weighted by molar-refractivity contribution is 6.30. The first kappa shape index (κ1) is 20.9. The van der Waals surface area contributed by atoms with Crippen LogP contribution in [-0.2, 0) is 4.79 Å². The first-order valence-electron chi connectivity index (χ1n) is 9.07. The van der Waals surface area contributed by atoms with E-state index < -0.39 is 6.61 Å². The van der Waals surface area contributed by atoms with Crippen molar-refractivity contribution >= 4 is 29.3 Å². The number of amides is 1. The highest BCUT2D eigenvalue weighted by Crippen LogP contribution is 2.33. The van der Waals surface area contributed by atoms with Gasteiger partial charge in [0.1, 0.15) is 0 Å². The Morgan fingerprint density at radius 2 is 1.79 bits per heavy atom. The Bertz CT molecular complexity index is 867. The van der Waals surface area contributed by atoms with Crippen LogP contribution in [0.5, 0.6) is 11.5 Å². The summed E-state index contributed by atoms with van der Waals surface area (Å²) in [6.45, 7) is -0.482. The average Bonchev–Trinajstić information content (AvgIpc) is 2.73. The molecule has 1 aliphatic rings. The molecule has 1 amide bonds. The van der Waals surface area contributed by atoms with Crippen molar-refractivity contribution in [2.45, 2.75) is 6.61 Å². The molecule has 154 valence electrons. The first-order valence-corrected chi connectivity index (χ1v) is 9.45. The van der Waals surface area contributed by atoms with Gasteiger partial charge in [-0.25, -0.2) is 0 Å². The Balaban J connectivity index is 1.64. The number of ether oxygens (including phenoxy) is 2. The maximum Gasteiger partial charge on any atom is 0.387 e. The number of hydrogen-bond donors (Lipinski definition) is 0. The third kappa shape index (κ3) is 5.38. The van der Waals surface area contributed by atoms with Gasteiger partial charge in [0.25, 0.3) is 0 Å².